The summed E-state index contributed by atoms with van der Waals surface area (Å²) >= 11 is 0. The predicted molar refractivity (Wildman–Crippen MR) is 53.5 cm³/mol. The fourth-order valence-corrected chi connectivity index (χ4v) is 1.76. The van der Waals surface area contributed by atoms with E-state index in [-0.39, 0.29) is 48.5 Å². The third kappa shape index (κ3) is 10.8. The van der Waals surface area contributed by atoms with Crippen LogP contribution in [0.4, 0.5) is 0 Å². The van der Waals surface area contributed by atoms with E-state index in [4.69, 9.17) is 5.11 Å². The molecule has 0 saturated carbocycles. The van der Waals surface area contributed by atoms with E-state index in [1.165, 1.54) is 0 Å². The van der Waals surface area contributed by atoms with E-state index in [1.54, 1.807) is 0 Å². The summed E-state index contributed by atoms with van der Waals surface area (Å²) in [7, 11) is -3.38. The maximum atomic E-state index is 10.9. The zero-order valence-corrected chi connectivity index (χ0v) is 8.14. The second kappa shape index (κ2) is 9.43. The number of hydrogen-bond donors (Lipinski definition) is 1. The monoisotopic (exact) mass is 220 g/mol. The summed E-state index contributed by atoms with van der Waals surface area (Å²) in [6, 6.07) is 0. The van der Waals surface area contributed by atoms with E-state index in [2.05, 4.69) is 4.18 Å². The van der Waals surface area contributed by atoms with Gasteiger partial charge in [0.05, 0.1) is 19.0 Å². The van der Waals surface area contributed by atoms with Crippen LogP contribution in [0.15, 0.2) is 0 Å². The van der Waals surface area contributed by atoms with Crippen molar-refractivity contribution in [3.05, 3.63) is 0 Å². The molecule has 76 valence electrons. The Morgan fingerprint density at radius 2 is 1.92 bits per heavy atom. The first-order chi connectivity index (χ1) is 5.62. The average Bonchev–Trinajstić information content (AvgIpc) is 2.01. The topological polar surface area (TPSA) is 63.6 Å². The number of rotatable bonds is 7. The van der Waals surface area contributed by atoms with Crippen LogP contribution >= 0.6 is 0 Å². The van der Waals surface area contributed by atoms with Gasteiger partial charge < -0.3 is 5.11 Å². The minimum atomic E-state index is -3.38. The molecule has 0 unspecified atom stereocenters. The molecule has 0 radical (unpaired) electrons. The van der Waals surface area contributed by atoms with Crippen molar-refractivity contribution in [1.29, 1.82) is 0 Å². The fourth-order valence-electron chi connectivity index (χ4n) is 0.752. The predicted octanol–water partition coefficient (Wildman–Crippen LogP) is -0.133. The Kier molecular flexibility index (Phi) is 11.8. The molecule has 0 aliphatic heterocycles. The third-order valence-corrected chi connectivity index (χ3v) is 2.67. The van der Waals surface area contributed by atoms with Gasteiger partial charge >= 0.3 is 29.6 Å². The maximum absolute atomic E-state index is 10.9. The van der Waals surface area contributed by atoms with Crippen LogP contribution in [0.25, 0.3) is 0 Å². The van der Waals surface area contributed by atoms with Gasteiger partial charge in [-0.05, 0) is 6.42 Å². The number of unbranched alkanes of at least 4 members (excludes halogenated alkanes) is 2. The molecule has 0 fully saturated rings. The first-order valence-electron chi connectivity index (χ1n) is 4.10. The van der Waals surface area contributed by atoms with Gasteiger partial charge in [0, 0.05) is 0 Å². The number of hydrogen-bond acceptors (Lipinski definition) is 4. The average molecular weight is 220 g/mol. The Morgan fingerprint density at radius 1 is 1.31 bits per heavy atom. The summed E-state index contributed by atoms with van der Waals surface area (Å²) < 4.78 is 26.3. The SMILES string of the molecule is CCCCCS(=O)(=O)OCCO.[NaH]. The van der Waals surface area contributed by atoms with Crippen LogP contribution in [0, 0.1) is 0 Å². The summed E-state index contributed by atoms with van der Waals surface area (Å²) in [5.74, 6) is 0.0564. The van der Waals surface area contributed by atoms with Gasteiger partial charge in [0.15, 0.2) is 0 Å². The molecule has 0 aromatic rings. The van der Waals surface area contributed by atoms with Gasteiger partial charge in [-0.15, -0.1) is 0 Å². The van der Waals surface area contributed by atoms with Crippen molar-refractivity contribution in [2.75, 3.05) is 19.0 Å². The van der Waals surface area contributed by atoms with Crippen LogP contribution in [0.1, 0.15) is 26.2 Å². The summed E-state index contributed by atoms with van der Waals surface area (Å²) in [4.78, 5) is 0. The van der Waals surface area contributed by atoms with Crippen molar-refractivity contribution in [3.63, 3.8) is 0 Å². The van der Waals surface area contributed by atoms with Gasteiger partial charge in [-0.25, -0.2) is 0 Å². The van der Waals surface area contributed by atoms with E-state index >= 15 is 0 Å². The van der Waals surface area contributed by atoms with Crippen LogP contribution in [-0.4, -0.2) is 62.0 Å². The molecule has 0 atom stereocenters. The molecule has 0 spiro atoms. The second-order valence-electron chi connectivity index (χ2n) is 2.51. The standard InChI is InChI=1S/C7H16O4S.Na.H/c1-2-3-4-7-12(9,10)11-6-5-8;;/h8H,2-7H2,1H3;;. The quantitative estimate of drug-likeness (QED) is 0.369. The summed E-state index contributed by atoms with van der Waals surface area (Å²) in [6.07, 6.45) is 2.50. The zero-order chi connectivity index (χ0) is 9.45. The Bertz CT molecular complexity index is 191. The van der Waals surface area contributed by atoms with Crippen molar-refractivity contribution in [3.8, 4) is 0 Å². The van der Waals surface area contributed by atoms with Crippen LogP contribution in [0.2, 0.25) is 0 Å². The third-order valence-electron chi connectivity index (χ3n) is 1.35. The van der Waals surface area contributed by atoms with Gasteiger partial charge in [0.25, 0.3) is 10.1 Å². The molecule has 0 aromatic heterocycles. The normalized spacial score (nSPS) is 10.9. The molecule has 0 aliphatic carbocycles. The first kappa shape index (κ1) is 16.3. The van der Waals surface area contributed by atoms with Gasteiger partial charge in [0.1, 0.15) is 0 Å². The molecule has 0 rings (SSSR count). The Morgan fingerprint density at radius 3 is 2.38 bits per heavy atom. The van der Waals surface area contributed by atoms with Crippen molar-refractivity contribution < 1.29 is 17.7 Å². The molecule has 1 N–H and O–H groups in total. The Labute approximate surface area is 102 Å². The number of aliphatic hydroxyl groups excluding tert-OH is 1. The van der Waals surface area contributed by atoms with Crippen LogP contribution in [0.3, 0.4) is 0 Å². The summed E-state index contributed by atoms with van der Waals surface area (Å²) in [6.45, 7) is 1.61. The van der Waals surface area contributed by atoms with Crippen molar-refractivity contribution >= 4 is 39.7 Å². The zero-order valence-electron chi connectivity index (χ0n) is 7.32. The Balaban J connectivity index is 0. The van der Waals surface area contributed by atoms with E-state index in [0.29, 0.717) is 6.42 Å². The van der Waals surface area contributed by atoms with E-state index < -0.39 is 10.1 Å². The van der Waals surface area contributed by atoms with Gasteiger partial charge in [-0.1, -0.05) is 19.8 Å². The van der Waals surface area contributed by atoms with E-state index in [1.807, 2.05) is 6.92 Å². The Hall–Kier alpha value is 0.870. The molecule has 0 saturated heterocycles. The fraction of sp³-hybridized carbons (Fsp3) is 1.00. The molecule has 0 bridgehead atoms. The minimum absolute atomic E-state index is 0. The summed E-state index contributed by atoms with van der Waals surface area (Å²) in [5.41, 5.74) is 0. The van der Waals surface area contributed by atoms with Gasteiger partial charge in [0.2, 0.25) is 0 Å². The molecular formula is C7H17NaO4S. The van der Waals surface area contributed by atoms with Crippen LogP contribution < -0.4 is 0 Å². The van der Waals surface area contributed by atoms with Crippen molar-refractivity contribution in [2.45, 2.75) is 26.2 Å². The van der Waals surface area contributed by atoms with Crippen LogP contribution in [0.5, 0.6) is 0 Å². The first-order valence-corrected chi connectivity index (χ1v) is 5.68. The molecule has 0 heterocycles. The molecule has 0 amide bonds. The van der Waals surface area contributed by atoms with E-state index in [9.17, 15) is 8.42 Å². The van der Waals surface area contributed by atoms with Crippen molar-refractivity contribution in [1.82, 2.24) is 0 Å². The van der Waals surface area contributed by atoms with E-state index in [0.717, 1.165) is 12.8 Å². The van der Waals surface area contributed by atoms with Crippen molar-refractivity contribution in [2.24, 2.45) is 0 Å². The summed E-state index contributed by atoms with van der Waals surface area (Å²) in [5, 5.41) is 8.31. The van der Waals surface area contributed by atoms with Crippen LogP contribution in [-0.2, 0) is 14.3 Å². The molecule has 6 heteroatoms. The second-order valence-corrected chi connectivity index (χ2v) is 4.27. The molecule has 13 heavy (non-hydrogen) atoms. The molecule has 0 aromatic carbocycles. The molecule has 0 aliphatic rings. The molecular weight excluding hydrogens is 203 g/mol. The van der Waals surface area contributed by atoms with Gasteiger partial charge in [-0.3, -0.25) is 4.18 Å². The number of aliphatic hydroxyl groups is 1. The molecule has 4 nitrogen and oxygen atoms in total. The van der Waals surface area contributed by atoms with Gasteiger partial charge in [-0.2, -0.15) is 8.42 Å².